The number of pyridine rings is 1. The molecule has 1 aliphatic carbocycles. The molecule has 1 saturated heterocycles. The van der Waals surface area contributed by atoms with Crippen LogP contribution in [0.25, 0.3) is 11.2 Å². The van der Waals surface area contributed by atoms with E-state index in [4.69, 9.17) is 4.98 Å². The minimum atomic E-state index is -0.272. The Bertz CT molecular complexity index is 1240. The van der Waals surface area contributed by atoms with Gasteiger partial charge in [-0.25, -0.2) is 0 Å². The Morgan fingerprint density at radius 2 is 1.79 bits per heavy atom. The van der Waals surface area contributed by atoms with Crippen molar-refractivity contribution >= 4 is 34.3 Å². The van der Waals surface area contributed by atoms with Crippen molar-refractivity contribution in [2.45, 2.75) is 45.6 Å². The van der Waals surface area contributed by atoms with E-state index in [0.29, 0.717) is 22.7 Å². The number of benzene rings is 1. The Morgan fingerprint density at radius 1 is 1.09 bits per heavy atom. The smallest absolute Gasteiger partial charge is 0.263 e. The molecule has 2 aliphatic rings. The van der Waals surface area contributed by atoms with E-state index in [9.17, 15) is 9.59 Å². The highest BCUT2D eigenvalue weighted by atomic mass is 16.1. The number of carbonyl (C=O) groups is 1. The van der Waals surface area contributed by atoms with E-state index in [1.165, 1.54) is 12.6 Å². The average molecular weight is 448 g/mol. The molecule has 5 rings (SSSR count). The summed E-state index contributed by atoms with van der Waals surface area (Å²) in [5, 5.41) is 15.2. The summed E-state index contributed by atoms with van der Waals surface area (Å²) in [6.07, 6.45) is 3.92. The molecule has 0 amide bonds. The lowest BCUT2D eigenvalue weighted by atomic mass is 10.1. The molecular formula is C24H29N7O2. The number of fused-ring (bicyclic) bond motifs is 1. The molecule has 1 aromatic carbocycles. The maximum atomic E-state index is 13.3. The van der Waals surface area contributed by atoms with Crippen molar-refractivity contribution < 1.29 is 4.79 Å². The van der Waals surface area contributed by atoms with Crippen LogP contribution < -0.4 is 21.1 Å². The number of nitrogens with zero attached hydrogens (tertiary/aromatic N) is 5. The Morgan fingerprint density at radius 3 is 2.45 bits per heavy atom. The lowest BCUT2D eigenvalue weighted by Gasteiger charge is -2.29. The predicted octanol–water partition coefficient (Wildman–Crippen LogP) is 2.97. The summed E-state index contributed by atoms with van der Waals surface area (Å²) in [4.78, 5) is 32.6. The van der Waals surface area contributed by atoms with Crippen LogP contribution >= 0.6 is 0 Å². The average Bonchev–Trinajstić information content (AvgIpc) is 3.34. The Hall–Kier alpha value is -3.33. The molecule has 1 saturated carbocycles. The molecule has 0 atom stereocenters. The van der Waals surface area contributed by atoms with E-state index < -0.39 is 0 Å². The number of carbonyl (C=O) groups excluding carboxylic acids is 1. The maximum absolute atomic E-state index is 13.3. The molecule has 0 radical (unpaired) electrons. The second kappa shape index (κ2) is 8.90. The van der Waals surface area contributed by atoms with Gasteiger partial charge < -0.3 is 15.5 Å². The lowest BCUT2D eigenvalue weighted by Crippen LogP contribution is -2.43. The molecule has 0 spiro atoms. The van der Waals surface area contributed by atoms with E-state index in [1.807, 2.05) is 12.1 Å². The topological polar surface area (TPSA) is 105 Å². The SMILES string of the molecule is CC(=O)c1c(C)c2nnc(Nc3ccc(N4CCNCC4)cc3)nc2n(C2CCCC2)c1=O. The summed E-state index contributed by atoms with van der Waals surface area (Å²) >= 11 is 0. The van der Waals surface area contributed by atoms with Crippen molar-refractivity contribution in [2.24, 2.45) is 0 Å². The molecule has 3 aromatic rings. The van der Waals surface area contributed by atoms with Crippen molar-refractivity contribution in [3.63, 3.8) is 0 Å². The molecule has 3 heterocycles. The second-order valence-electron chi connectivity index (χ2n) is 8.89. The molecule has 2 aromatic heterocycles. The van der Waals surface area contributed by atoms with Crippen LogP contribution in [0.4, 0.5) is 17.3 Å². The minimum Gasteiger partial charge on any atom is -0.369 e. The van der Waals surface area contributed by atoms with Gasteiger partial charge in [0, 0.05) is 43.6 Å². The van der Waals surface area contributed by atoms with Crippen LogP contribution in [0, 0.1) is 6.92 Å². The minimum absolute atomic E-state index is 0.0292. The molecule has 2 N–H and O–H groups in total. The molecule has 172 valence electrons. The van der Waals surface area contributed by atoms with E-state index >= 15 is 0 Å². The summed E-state index contributed by atoms with van der Waals surface area (Å²) in [6, 6.07) is 8.19. The van der Waals surface area contributed by atoms with Crippen LogP contribution in [0.2, 0.25) is 0 Å². The predicted molar refractivity (Wildman–Crippen MR) is 129 cm³/mol. The fraction of sp³-hybridized carbons (Fsp3) is 0.458. The first kappa shape index (κ1) is 21.5. The highest BCUT2D eigenvalue weighted by Gasteiger charge is 2.26. The van der Waals surface area contributed by atoms with Crippen LogP contribution in [-0.2, 0) is 0 Å². The third kappa shape index (κ3) is 4.08. The summed E-state index contributed by atoms with van der Waals surface area (Å²) in [5.74, 6) is 0.0817. The number of aryl methyl sites for hydroxylation is 1. The normalized spacial score (nSPS) is 17.0. The van der Waals surface area contributed by atoms with Crippen LogP contribution in [0.1, 0.15) is 54.6 Å². The van der Waals surface area contributed by atoms with Crippen molar-refractivity contribution in [3.05, 3.63) is 45.7 Å². The van der Waals surface area contributed by atoms with Crippen LogP contribution in [-0.4, -0.2) is 51.7 Å². The Labute approximate surface area is 192 Å². The van der Waals surface area contributed by atoms with Gasteiger partial charge in [-0.2, -0.15) is 4.98 Å². The van der Waals surface area contributed by atoms with Gasteiger partial charge in [-0.15, -0.1) is 10.2 Å². The third-order valence-corrected chi connectivity index (χ3v) is 6.71. The highest BCUT2D eigenvalue weighted by Crippen LogP contribution is 2.31. The van der Waals surface area contributed by atoms with Gasteiger partial charge >= 0.3 is 0 Å². The summed E-state index contributed by atoms with van der Waals surface area (Å²) in [6.45, 7) is 7.14. The molecule has 9 heteroatoms. The van der Waals surface area contributed by atoms with Crippen molar-refractivity contribution in [1.29, 1.82) is 0 Å². The van der Waals surface area contributed by atoms with Crippen LogP contribution in [0.15, 0.2) is 29.1 Å². The molecule has 2 fully saturated rings. The van der Waals surface area contributed by atoms with Crippen LogP contribution in [0.3, 0.4) is 0 Å². The molecular weight excluding hydrogens is 418 g/mol. The first-order valence-corrected chi connectivity index (χ1v) is 11.7. The number of Topliss-reactive ketones (excluding diaryl/α,β-unsaturated/α-hetero) is 1. The van der Waals surface area contributed by atoms with Gasteiger partial charge in [-0.1, -0.05) is 12.8 Å². The van der Waals surface area contributed by atoms with E-state index in [-0.39, 0.29) is 22.9 Å². The molecule has 1 aliphatic heterocycles. The monoisotopic (exact) mass is 447 g/mol. The molecule has 0 unspecified atom stereocenters. The fourth-order valence-electron chi connectivity index (χ4n) is 5.00. The maximum Gasteiger partial charge on any atom is 0.263 e. The van der Waals surface area contributed by atoms with E-state index in [2.05, 4.69) is 37.9 Å². The van der Waals surface area contributed by atoms with Crippen molar-refractivity contribution in [2.75, 3.05) is 36.4 Å². The Balaban J connectivity index is 1.51. The van der Waals surface area contributed by atoms with Gasteiger partial charge in [-0.05, 0) is 56.5 Å². The van der Waals surface area contributed by atoms with Crippen molar-refractivity contribution in [3.8, 4) is 0 Å². The molecule has 9 nitrogen and oxygen atoms in total. The highest BCUT2D eigenvalue weighted by molar-refractivity contribution is 5.98. The van der Waals surface area contributed by atoms with Crippen molar-refractivity contribution in [1.82, 2.24) is 25.1 Å². The largest absolute Gasteiger partial charge is 0.369 e. The van der Waals surface area contributed by atoms with E-state index in [0.717, 1.165) is 57.5 Å². The third-order valence-electron chi connectivity index (χ3n) is 6.71. The zero-order chi connectivity index (χ0) is 22.9. The summed E-state index contributed by atoms with van der Waals surface area (Å²) < 4.78 is 1.68. The standard InChI is InChI=1S/C24H29N7O2/c1-15-20(16(2)32)23(33)31(19-5-3-4-6-19)22-21(15)28-29-24(27-22)26-17-7-9-18(10-8-17)30-13-11-25-12-14-30/h7-10,19,25H,3-6,11-14H2,1-2H3,(H,26,27,29). The number of anilines is 3. The quantitative estimate of drug-likeness (QED) is 0.575. The number of hydrogen-bond acceptors (Lipinski definition) is 8. The summed E-state index contributed by atoms with van der Waals surface area (Å²) in [5.41, 5.74) is 3.49. The van der Waals surface area contributed by atoms with Gasteiger partial charge in [0.05, 0.1) is 5.56 Å². The summed E-state index contributed by atoms with van der Waals surface area (Å²) in [7, 11) is 0. The zero-order valence-corrected chi connectivity index (χ0v) is 19.1. The van der Waals surface area contributed by atoms with Crippen LogP contribution in [0.5, 0.6) is 0 Å². The van der Waals surface area contributed by atoms with Gasteiger partial charge in [0.2, 0.25) is 5.95 Å². The molecule has 0 bridgehead atoms. The van der Waals surface area contributed by atoms with Gasteiger partial charge in [0.25, 0.3) is 5.56 Å². The Kier molecular flexibility index (Phi) is 5.80. The number of ketones is 1. The first-order valence-electron chi connectivity index (χ1n) is 11.7. The van der Waals surface area contributed by atoms with Gasteiger partial charge in [0.1, 0.15) is 5.52 Å². The second-order valence-corrected chi connectivity index (χ2v) is 8.89. The van der Waals surface area contributed by atoms with Gasteiger partial charge in [0.15, 0.2) is 11.4 Å². The van der Waals surface area contributed by atoms with Gasteiger partial charge in [-0.3, -0.25) is 14.2 Å². The number of rotatable bonds is 5. The first-order chi connectivity index (χ1) is 16.0. The number of piperazine rings is 1. The molecule has 33 heavy (non-hydrogen) atoms. The number of hydrogen-bond donors (Lipinski definition) is 2. The fourth-order valence-corrected chi connectivity index (χ4v) is 5.00. The number of nitrogens with one attached hydrogen (secondary N) is 2. The lowest BCUT2D eigenvalue weighted by molar-refractivity contribution is 0.101. The number of aromatic nitrogens is 4. The zero-order valence-electron chi connectivity index (χ0n) is 19.1. The van der Waals surface area contributed by atoms with E-state index in [1.54, 1.807) is 11.5 Å².